The van der Waals surface area contributed by atoms with E-state index in [9.17, 15) is 9.90 Å². The maximum atomic E-state index is 11.7. The van der Waals surface area contributed by atoms with E-state index in [4.69, 9.17) is 14.2 Å². The summed E-state index contributed by atoms with van der Waals surface area (Å²) in [5.41, 5.74) is 1.33. The number of cyclic esters (lactones) is 1. The zero-order valence-corrected chi connectivity index (χ0v) is 10.2. The highest BCUT2D eigenvalue weighted by molar-refractivity contribution is 5.98. The van der Waals surface area contributed by atoms with Gasteiger partial charge in [-0.1, -0.05) is 0 Å². The summed E-state index contributed by atoms with van der Waals surface area (Å²) < 4.78 is 15.2. The molecule has 17 heavy (non-hydrogen) atoms. The first kappa shape index (κ1) is 11.7. The molecule has 1 heterocycles. The summed E-state index contributed by atoms with van der Waals surface area (Å²) in [6, 6.07) is 1.61. The second-order valence-corrected chi connectivity index (χ2v) is 4.03. The van der Waals surface area contributed by atoms with Crippen LogP contribution in [0.15, 0.2) is 6.07 Å². The van der Waals surface area contributed by atoms with Gasteiger partial charge in [-0.05, 0) is 6.92 Å². The van der Waals surface area contributed by atoms with Crippen LogP contribution in [0, 0.1) is 6.92 Å². The Bertz CT molecular complexity index is 490. The van der Waals surface area contributed by atoms with Crippen LogP contribution in [0.1, 0.15) is 28.4 Å². The summed E-state index contributed by atoms with van der Waals surface area (Å²) in [6.07, 6.45) is 0. The number of hydrogen-bond donors (Lipinski definition) is 1. The second-order valence-electron chi connectivity index (χ2n) is 4.03. The predicted molar refractivity (Wildman–Crippen MR) is 59.3 cm³/mol. The van der Waals surface area contributed by atoms with Gasteiger partial charge in [-0.15, -0.1) is 0 Å². The SMILES string of the molecule is COc1cc(OC)c2c(c1C)C(C)(O)OC2=O. The summed E-state index contributed by atoms with van der Waals surface area (Å²) in [5.74, 6) is -1.35. The lowest BCUT2D eigenvalue weighted by molar-refractivity contribution is -0.147. The van der Waals surface area contributed by atoms with Crippen molar-refractivity contribution in [1.29, 1.82) is 0 Å². The van der Waals surface area contributed by atoms with Gasteiger partial charge in [-0.3, -0.25) is 0 Å². The number of methoxy groups -OCH3 is 2. The molecule has 1 aromatic rings. The fourth-order valence-corrected chi connectivity index (χ4v) is 2.17. The third kappa shape index (κ3) is 1.54. The summed E-state index contributed by atoms with van der Waals surface area (Å²) in [5, 5.41) is 10.1. The van der Waals surface area contributed by atoms with Gasteiger partial charge in [-0.25, -0.2) is 4.79 Å². The zero-order chi connectivity index (χ0) is 12.8. The van der Waals surface area contributed by atoms with E-state index in [1.54, 1.807) is 13.0 Å². The zero-order valence-electron chi connectivity index (χ0n) is 10.2. The van der Waals surface area contributed by atoms with Crippen LogP contribution in [0.2, 0.25) is 0 Å². The Morgan fingerprint density at radius 3 is 2.41 bits per heavy atom. The van der Waals surface area contributed by atoms with E-state index in [1.807, 2.05) is 0 Å². The first-order valence-electron chi connectivity index (χ1n) is 5.14. The minimum atomic E-state index is -1.64. The van der Waals surface area contributed by atoms with E-state index >= 15 is 0 Å². The molecule has 0 saturated carbocycles. The van der Waals surface area contributed by atoms with E-state index in [1.165, 1.54) is 21.1 Å². The Balaban J connectivity index is 2.80. The Labute approximate surface area is 98.9 Å². The number of fused-ring (bicyclic) bond motifs is 1. The van der Waals surface area contributed by atoms with Gasteiger partial charge < -0.3 is 19.3 Å². The quantitative estimate of drug-likeness (QED) is 0.788. The number of carbonyl (C=O) groups excluding carboxylic acids is 1. The highest BCUT2D eigenvalue weighted by atomic mass is 16.7. The van der Waals surface area contributed by atoms with Crippen LogP contribution in [0.5, 0.6) is 11.5 Å². The number of ether oxygens (including phenoxy) is 3. The maximum Gasteiger partial charge on any atom is 0.345 e. The topological polar surface area (TPSA) is 65.0 Å². The summed E-state index contributed by atoms with van der Waals surface area (Å²) in [4.78, 5) is 11.7. The van der Waals surface area contributed by atoms with Gasteiger partial charge in [0, 0.05) is 24.1 Å². The molecule has 1 atom stereocenters. The van der Waals surface area contributed by atoms with Crippen molar-refractivity contribution in [1.82, 2.24) is 0 Å². The van der Waals surface area contributed by atoms with Crippen molar-refractivity contribution in [3.8, 4) is 11.5 Å². The standard InChI is InChI=1S/C12H14O5/c1-6-7(15-3)5-8(16-4)9-10(6)12(2,14)17-11(9)13/h5,14H,1-4H3. The highest BCUT2D eigenvalue weighted by Crippen LogP contribution is 2.44. The average molecular weight is 238 g/mol. The molecular formula is C12H14O5. The minimum Gasteiger partial charge on any atom is -0.496 e. The normalized spacial score (nSPS) is 22.1. The second kappa shape index (κ2) is 3.63. The Hall–Kier alpha value is -1.75. The van der Waals surface area contributed by atoms with Crippen LogP contribution in [0.4, 0.5) is 0 Å². The third-order valence-corrected chi connectivity index (χ3v) is 2.90. The van der Waals surface area contributed by atoms with Crippen molar-refractivity contribution in [2.75, 3.05) is 14.2 Å². The number of carbonyl (C=O) groups is 1. The summed E-state index contributed by atoms with van der Waals surface area (Å²) >= 11 is 0. The van der Waals surface area contributed by atoms with Gasteiger partial charge >= 0.3 is 5.97 Å². The molecule has 5 nitrogen and oxygen atoms in total. The van der Waals surface area contributed by atoms with Crippen LogP contribution in [0.25, 0.3) is 0 Å². The molecule has 0 amide bonds. The summed E-state index contributed by atoms with van der Waals surface area (Å²) in [7, 11) is 2.96. The Morgan fingerprint density at radius 2 is 1.88 bits per heavy atom. The molecule has 1 aliphatic heterocycles. The van der Waals surface area contributed by atoms with E-state index in [2.05, 4.69) is 0 Å². The van der Waals surface area contributed by atoms with Crippen molar-refractivity contribution in [3.05, 3.63) is 22.8 Å². The fourth-order valence-electron chi connectivity index (χ4n) is 2.17. The Morgan fingerprint density at radius 1 is 1.29 bits per heavy atom. The lowest BCUT2D eigenvalue weighted by atomic mass is 9.96. The van der Waals surface area contributed by atoms with Gasteiger partial charge in [0.05, 0.1) is 14.2 Å². The summed E-state index contributed by atoms with van der Waals surface area (Å²) in [6.45, 7) is 3.18. The van der Waals surface area contributed by atoms with Crippen molar-refractivity contribution >= 4 is 5.97 Å². The smallest absolute Gasteiger partial charge is 0.345 e. The molecule has 0 aliphatic carbocycles. The maximum absolute atomic E-state index is 11.7. The van der Waals surface area contributed by atoms with Crippen molar-refractivity contribution in [2.45, 2.75) is 19.6 Å². The molecular weight excluding hydrogens is 224 g/mol. The number of esters is 1. The third-order valence-electron chi connectivity index (χ3n) is 2.90. The van der Waals surface area contributed by atoms with Crippen LogP contribution in [-0.4, -0.2) is 25.3 Å². The lowest BCUT2D eigenvalue weighted by Gasteiger charge is -2.19. The molecule has 1 aliphatic rings. The van der Waals surface area contributed by atoms with Gasteiger partial charge in [0.15, 0.2) is 0 Å². The molecule has 1 unspecified atom stereocenters. The number of rotatable bonds is 2. The number of benzene rings is 1. The minimum absolute atomic E-state index is 0.260. The molecule has 0 fully saturated rings. The molecule has 0 aromatic heterocycles. The van der Waals surface area contributed by atoms with Gasteiger partial charge in [-0.2, -0.15) is 0 Å². The number of hydrogen-bond acceptors (Lipinski definition) is 5. The largest absolute Gasteiger partial charge is 0.496 e. The van der Waals surface area contributed by atoms with Gasteiger partial charge in [0.2, 0.25) is 5.79 Å². The van der Waals surface area contributed by atoms with Crippen LogP contribution in [-0.2, 0) is 10.5 Å². The molecule has 0 spiro atoms. The molecule has 0 saturated heterocycles. The molecule has 5 heteroatoms. The van der Waals surface area contributed by atoms with Crippen LogP contribution < -0.4 is 9.47 Å². The van der Waals surface area contributed by atoms with E-state index in [-0.39, 0.29) is 5.56 Å². The highest BCUT2D eigenvalue weighted by Gasteiger charge is 2.44. The van der Waals surface area contributed by atoms with Crippen LogP contribution in [0.3, 0.4) is 0 Å². The van der Waals surface area contributed by atoms with Crippen LogP contribution >= 0.6 is 0 Å². The van der Waals surface area contributed by atoms with Crippen molar-refractivity contribution < 1.29 is 24.1 Å². The molecule has 2 rings (SSSR count). The first-order valence-corrected chi connectivity index (χ1v) is 5.14. The van der Waals surface area contributed by atoms with Crippen molar-refractivity contribution in [2.24, 2.45) is 0 Å². The number of aliphatic hydroxyl groups is 1. The van der Waals surface area contributed by atoms with E-state index in [0.29, 0.717) is 22.6 Å². The lowest BCUT2D eigenvalue weighted by Crippen LogP contribution is -2.21. The van der Waals surface area contributed by atoms with Gasteiger partial charge in [0.25, 0.3) is 0 Å². The predicted octanol–water partition coefficient (Wildman–Crippen LogP) is 1.35. The molecule has 1 aromatic carbocycles. The molecule has 92 valence electrons. The van der Waals surface area contributed by atoms with E-state index < -0.39 is 11.8 Å². The van der Waals surface area contributed by atoms with E-state index in [0.717, 1.165) is 0 Å². The Kier molecular flexibility index (Phi) is 2.50. The molecule has 0 radical (unpaired) electrons. The molecule has 0 bridgehead atoms. The fraction of sp³-hybridized carbons (Fsp3) is 0.417. The molecule has 1 N–H and O–H groups in total. The monoisotopic (exact) mass is 238 g/mol. The average Bonchev–Trinajstić information content (AvgIpc) is 2.50. The first-order chi connectivity index (χ1) is 7.92. The van der Waals surface area contributed by atoms with Gasteiger partial charge in [0.1, 0.15) is 17.1 Å². The van der Waals surface area contributed by atoms with Crippen molar-refractivity contribution in [3.63, 3.8) is 0 Å².